The van der Waals surface area contributed by atoms with Gasteiger partial charge >= 0.3 is 135 Å². The third kappa shape index (κ3) is 5.26. The van der Waals surface area contributed by atoms with Gasteiger partial charge in [-0.15, -0.1) is 0 Å². The molecule has 0 saturated heterocycles. The summed E-state index contributed by atoms with van der Waals surface area (Å²) >= 11 is 0.138. The first-order valence-electron chi connectivity index (χ1n) is 6.85. The Labute approximate surface area is 135 Å². The first kappa shape index (κ1) is 16.1. The van der Waals surface area contributed by atoms with Gasteiger partial charge in [-0.2, -0.15) is 0 Å². The Kier molecular flexibility index (Phi) is 6.52. The summed E-state index contributed by atoms with van der Waals surface area (Å²) in [7, 11) is 0. The van der Waals surface area contributed by atoms with Crippen LogP contribution in [0.2, 0.25) is 4.82 Å². The summed E-state index contributed by atoms with van der Waals surface area (Å²) in [6.45, 7) is 0.891. The minimum atomic E-state index is -0.101. The van der Waals surface area contributed by atoms with Crippen LogP contribution >= 0.6 is 0 Å². The Morgan fingerprint density at radius 3 is 2.41 bits per heavy atom. The van der Waals surface area contributed by atoms with E-state index in [1.54, 1.807) is 12.1 Å². The van der Waals surface area contributed by atoms with Gasteiger partial charge in [-0.3, -0.25) is 0 Å². The van der Waals surface area contributed by atoms with Gasteiger partial charge in [-0.1, -0.05) is 0 Å². The van der Waals surface area contributed by atoms with E-state index >= 15 is 0 Å². The van der Waals surface area contributed by atoms with Gasteiger partial charge in [-0.05, 0) is 0 Å². The molecule has 1 atom stereocenters. The van der Waals surface area contributed by atoms with Crippen LogP contribution in [0, 0.1) is 0 Å². The number of rotatable bonds is 7. The number of carbonyl (C=O) groups is 1. The van der Waals surface area contributed by atoms with Crippen molar-refractivity contribution in [2.24, 2.45) is 5.11 Å². The predicted octanol–water partition coefficient (Wildman–Crippen LogP) is 2.54. The first-order chi connectivity index (χ1) is 10.8. The summed E-state index contributed by atoms with van der Waals surface area (Å²) in [4.78, 5) is 15.0. The van der Waals surface area contributed by atoms with E-state index in [1.165, 1.54) is 4.46 Å². The summed E-state index contributed by atoms with van der Waals surface area (Å²) in [5.41, 5.74) is 9.15. The average molecular weight is 359 g/mol. The number of azide groups is 1. The van der Waals surface area contributed by atoms with Crippen molar-refractivity contribution < 1.29 is 4.79 Å². The van der Waals surface area contributed by atoms with Gasteiger partial charge in [0.15, 0.2) is 0 Å². The molecule has 0 bridgehead atoms. The van der Waals surface area contributed by atoms with Crippen LogP contribution in [0.25, 0.3) is 10.4 Å². The van der Waals surface area contributed by atoms with Gasteiger partial charge in [0.1, 0.15) is 0 Å². The molecular formula is C16H16N4OSe. The molecule has 112 valence electrons. The molecular weight excluding hydrogens is 343 g/mol. The number of benzene rings is 2. The monoisotopic (exact) mass is 360 g/mol. The molecule has 0 fully saturated rings. The Hall–Kier alpha value is -2.26. The second kappa shape index (κ2) is 8.90. The number of carbonyl (C=O) groups excluding carboxylic acids is 1. The normalized spacial score (nSPS) is 11.3. The fourth-order valence-electron chi connectivity index (χ4n) is 1.86. The standard InChI is InChI=1S/C16H16N4OSe/c17-20-19-12-15(22-14-9-5-2-6-10-14)11-18-16(21)13-7-3-1-4-8-13/h1-10,15H,11-12H2,(H,18,21). The minimum absolute atomic E-state index is 0.101. The van der Waals surface area contributed by atoms with Crippen LogP contribution < -0.4 is 9.78 Å². The van der Waals surface area contributed by atoms with Crippen LogP contribution in [-0.4, -0.2) is 34.0 Å². The molecule has 22 heavy (non-hydrogen) atoms. The number of hydrogen-bond acceptors (Lipinski definition) is 2. The topological polar surface area (TPSA) is 77.9 Å². The zero-order chi connectivity index (χ0) is 15.6. The van der Waals surface area contributed by atoms with Crippen molar-refractivity contribution in [3.8, 4) is 0 Å². The molecule has 0 aromatic heterocycles. The fraction of sp³-hybridized carbons (Fsp3) is 0.188. The molecule has 2 aromatic carbocycles. The maximum absolute atomic E-state index is 12.1. The van der Waals surface area contributed by atoms with Crippen LogP contribution in [0.15, 0.2) is 65.8 Å². The van der Waals surface area contributed by atoms with E-state index in [4.69, 9.17) is 5.53 Å². The molecule has 0 aliphatic rings. The van der Waals surface area contributed by atoms with Crippen molar-refractivity contribution >= 4 is 25.3 Å². The molecule has 6 heteroatoms. The van der Waals surface area contributed by atoms with Crippen molar-refractivity contribution in [1.82, 2.24) is 5.32 Å². The van der Waals surface area contributed by atoms with E-state index in [9.17, 15) is 4.79 Å². The average Bonchev–Trinajstić information content (AvgIpc) is 2.58. The van der Waals surface area contributed by atoms with Gasteiger partial charge in [0.25, 0.3) is 0 Å². The van der Waals surface area contributed by atoms with Crippen molar-refractivity contribution in [1.29, 1.82) is 0 Å². The van der Waals surface area contributed by atoms with Crippen LogP contribution in [0.4, 0.5) is 0 Å². The van der Waals surface area contributed by atoms with E-state index in [-0.39, 0.29) is 25.7 Å². The van der Waals surface area contributed by atoms with Crippen LogP contribution in [0.3, 0.4) is 0 Å². The first-order valence-corrected chi connectivity index (χ1v) is 8.70. The van der Waals surface area contributed by atoms with E-state index in [2.05, 4.69) is 27.5 Å². The Bertz CT molecular complexity index is 642. The summed E-state index contributed by atoms with van der Waals surface area (Å²) < 4.78 is 1.22. The second-order valence-corrected chi connectivity index (χ2v) is 7.42. The van der Waals surface area contributed by atoms with E-state index in [0.717, 1.165) is 0 Å². The number of nitrogens with one attached hydrogen (secondary N) is 1. The molecule has 2 rings (SSSR count). The van der Waals surface area contributed by atoms with Crippen LogP contribution in [-0.2, 0) is 0 Å². The van der Waals surface area contributed by atoms with E-state index in [0.29, 0.717) is 18.7 Å². The summed E-state index contributed by atoms with van der Waals surface area (Å²) in [6.07, 6.45) is 0. The van der Waals surface area contributed by atoms with E-state index < -0.39 is 0 Å². The molecule has 0 heterocycles. The van der Waals surface area contributed by atoms with Gasteiger partial charge in [-0.25, -0.2) is 0 Å². The summed E-state index contributed by atoms with van der Waals surface area (Å²) in [6, 6.07) is 19.2. The fourth-order valence-corrected chi connectivity index (χ4v) is 3.97. The third-order valence-corrected chi connectivity index (χ3v) is 5.42. The zero-order valence-electron chi connectivity index (χ0n) is 11.9. The molecule has 1 amide bonds. The Morgan fingerprint density at radius 2 is 1.77 bits per heavy atom. The molecule has 2 aromatic rings. The molecule has 5 nitrogen and oxygen atoms in total. The van der Waals surface area contributed by atoms with Crippen molar-refractivity contribution in [2.75, 3.05) is 13.1 Å². The third-order valence-electron chi connectivity index (χ3n) is 2.92. The quantitative estimate of drug-likeness (QED) is 0.351. The van der Waals surface area contributed by atoms with Gasteiger partial charge in [0.2, 0.25) is 0 Å². The van der Waals surface area contributed by atoms with Crippen LogP contribution in [0.5, 0.6) is 0 Å². The molecule has 0 radical (unpaired) electrons. The molecule has 0 spiro atoms. The van der Waals surface area contributed by atoms with Crippen molar-refractivity contribution in [2.45, 2.75) is 4.82 Å². The maximum atomic E-state index is 12.1. The van der Waals surface area contributed by atoms with Crippen molar-refractivity contribution in [3.63, 3.8) is 0 Å². The van der Waals surface area contributed by atoms with Crippen LogP contribution in [0.1, 0.15) is 10.4 Å². The predicted molar refractivity (Wildman–Crippen MR) is 88.4 cm³/mol. The van der Waals surface area contributed by atoms with Gasteiger partial charge in [0, 0.05) is 0 Å². The summed E-state index contributed by atoms with van der Waals surface area (Å²) in [5, 5.41) is 6.59. The summed E-state index contributed by atoms with van der Waals surface area (Å²) in [5.74, 6) is -0.101. The molecule has 0 saturated carbocycles. The van der Waals surface area contributed by atoms with Gasteiger partial charge < -0.3 is 0 Å². The molecule has 1 unspecified atom stereocenters. The zero-order valence-corrected chi connectivity index (χ0v) is 13.6. The SMILES string of the molecule is [N-]=[N+]=NCC(CNC(=O)c1ccccc1)[Se]c1ccccc1. The molecule has 0 aliphatic heterocycles. The number of nitrogens with zero attached hydrogens (tertiary/aromatic N) is 3. The second-order valence-electron chi connectivity index (χ2n) is 4.54. The number of hydrogen-bond donors (Lipinski definition) is 1. The Morgan fingerprint density at radius 1 is 1.14 bits per heavy atom. The molecule has 0 aliphatic carbocycles. The van der Waals surface area contributed by atoms with Gasteiger partial charge in [0.05, 0.1) is 0 Å². The Balaban J connectivity index is 1.95. The molecule has 1 N–H and O–H groups in total. The van der Waals surface area contributed by atoms with E-state index in [1.807, 2.05) is 36.4 Å². The number of amides is 1. The van der Waals surface area contributed by atoms with Crippen molar-refractivity contribution in [3.05, 3.63) is 76.7 Å².